The van der Waals surface area contributed by atoms with Crippen LogP contribution in [-0.4, -0.2) is 65.3 Å². The maximum Gasteiger partial charge on any atom is 0.236 e. The third kappa shape index (κ3) is 5.28. The standard InChI is InChI=1S/C16H23N5O2.2ClH/c1-23-10-7-17-11-15(22)20-8-4-5-13(12-20)16-19-18-14-6-2-3-9-21(14)16;;/h2-3,6,9,13,17H,4-5,7-8,10-12H2,1H3;2*1H. The van der Waals surface area contributed by atoms with Gasteiger partial charge in [0.2, 0.25) is 5.91 Å². The van der Waals surface area contributed by atoms with Gasteiger partial charge in [0.05, 0.1) is 13.2 Å². The summed E-state index contributed by atoms with van der Waals surface area (Å²) in [6, 6.07) is 5.88. The van der Waals surface area contributed by atoms with Gasteiger partial charge in [-0.15, -0.1) is 35.0 Å². The Morgan fingerprint density at radius 1 is 1.36 bits per heavy atom. The van der Waals surface area contributed by atoms with E-state index in [2.05, 4.69) is 15.5 Å². The molecule has 1 aliphatic heterocycles. The van der Waals surface area contributed by atoms with Gasteiger partial charge in [-0.25, -0.2) is 0 Å². The van der Waals surface area contributed by atoms with Crippen molar-refractivity contribution in [1.29, 1.82) is 0 Å². The minimum Gasteiger partial charge on any atom is -0.383 e. The number of hydrogen-bond acceptors (Lipinski definition) is 5. The maximum absolute atomic E-state index is 12.3. The molecule has 0 spiro atoms. The van der Waals surface area contributed by atoms with E-state index in [0.717, 1.165) is 30.9 Å². The fraction of sp³-hybridized carbons (Fsp3) is 0.562. The molecule has 1 atom stereocenters. The molecule has 9 heteroatoms. The van der Waals surface area contributed by atoms with Crippen LogP contribution in [0, 0.1) is 0 Å². The van der Waals surface area contributed by atoms with Gasteiger partial charge in [0.1, 0.15) is 5.82 Å². The van der Waals surface area contributed by atoms with Crippen molar-refractivity contribution in [2.45, 2.75) is 18.8 Å². The molecule has 1 unspecified atom stereocenters. The lowest BCUT2D eigenvalue weighted by atomic mass is 9.97. The normalized spacial score (nSPS) is 17.0. The van der Waals surface area contributed by atoms with Gasteiger partial charge in [0, 0.05) is 38.9 Å². The Morgan fingerprint density at radius 3 is 3.00 bits per heavy atom. The highest BCUT2D eigenvalue weighted by Gasteiger charge is 2.27. The van der Waals surface area contributed by atoms with E-state index in [1.807, 2.05) is 33.7 Å². The number of pyridine rings is 1. The Balaban J connectivity index is 0.00000156. The second-order valence-corrected chi connectivity index (χ2v) is 5.84. The molecule has 0 bridgehead atoms. The first-order valence-electron chi connectivity index (χ1n) is 8.06. The monoisotopic (exact) mass is 389 g/mol. The van der Waals surface area contributed by atoms with E-state index in [9.17, 15) is 4.79 Å². The molecule has 2 aromatic rings. The van der Waals surface area contributed by atoms with Gasteiger partial charge in [-0.05, 0) is 25.0 Å². The van der Waals surface area contributed by atoms with Crippen LogP contribution in [0.25, 0.3) is 5.65 Å². The van der Waals surface area contributed by atoms with Crippen molar-refractivity contribution in [2.75, 3.05) is 39.9 Å². The predicted octanol–water partition coefficient (Wildman–Crippen LogP) is 1.51. The number of carbonyl (C=O) groups is 1. The van der Waals surface area contributed by atoms with Crippen LogP contribution >= 0.6 is 24.8 Å². The van der Waals surface area contributed by atoms with Crippen molar-refractivity contribution >= 4 is 36.4 Å². The molecular formula is C16H25Cl2N5O2. The molecule has 0 saturated carbocycles. The Labute approximate surface area is 159 Å². The van der Waals surface area contributed by atoms with Gasteiger partial charge in [-0.3, -0.25) is 9.20 Å². The summed E-state index contributed by atoms with van der Waals surface area (Å²) >= 11 is 0. The number of rotatable bonds is 6. The number of piperidine rings is 1. The molecule has 0 aromatic carbocycles. The summed E-state index contributed by atoms with van der Waals surface area (Å²) in [5, 5.41) is 11.7. The zero-order valence-corrected chi connectivity index (χ0v) is 15.9. The molecule has 0 radical (unpaired) electrons. The molecule has 3 heterocycles. The summed E-state index contributed by atoms with van der Waals surface area (Å²) in [5.74, 6) is 1.33. The molecule has 1 N–H and O–H groups in total. The van der Waals surface area contributed by atoms with E-state index in [1.165, 1.54) is 0 Å². The number of ether oxygens (including phenoxy) is 1. The summed E-state index contributed by atoms with van der Waals surface area (Å²) in [5.41, 5.74) is 0.854. The molecule has 7 nitrogen and oxygen atoms in total. The van der Waals surface area contributed by atoms with E-state index in [1.54, 1.807) is 7.11 Å². The van der Waals surface area contributed by atoms with Crippen molar-refractivity contribution in [3.8, 4) is 0 Å². The van der Waals surface area contributed by atoms with E-state index in [4.69, 9.17) is 4.74 Å². The molecule has 25 heavy (non-hydrogen) atoms. The third-order valence-electron chi connectivity index (χ3n) is 4.24. The number of carbonyl (C=O) groups excluding carboxylic acids is 1. The summed E-state index contributed by atoms with van der Waals surface area (Å²) in [6.07, 6.45) is 4.02. The maximum atomic E-state index is 12.3. The van der Waals surface area contributed by atoms with Gasteiger partial charge in [-0.1, -0.05) is 6.07 Å². The van der Waals surface area contributed by atoms with Crippen molar-refractivity contribution in [3.05, 3.63) is 30.2 Å². The molecule has 1 fully saturated rings. The Kier molecular flexibility index (Phi) is 9.13. The van der Waals surface area contributed by atoms with Crippen molar-refractivity contribution in [1.82, 2.24) is 24.8 Å². The molecule has 2 aromatic heterocycles. The van der Waals surface area contributed by atoms with Gasteiger partial charge in [0.15, 0.2) is 5.65 Å². The van der Waals surface area contributed by atoms with Crippen molar-refractivity contribution in [2.24, 2.45) is 0 Å². The Bertz CT molecular complexity index is 667. The SMILES string of the molecule is COCCNCC(=O)N1CCCC(c2nnc3ccccn23)C1.Cl.Cl. The molecule has 0 aliphatic carbocycles. The number of amides is 1. The quantitative estimate of drug-likeness (QED) is 0.758. The van der Waals surface area contributed by atoms with Crippen LogP contribution in [-0.2, 0) is 9.53 Å². The fourth-order valence-electron chi connectivity index (χ4n) is 3.03. The lowest BCUT2D eigenvalue weighted by Crippen LogP contribution is -2.44. The molecule has 1 aliphatic rings. The minimum atomic E-state index is 0. The molecule has 1 amide bonds. The first kappa shape index (κ1) is 21.6. The van der Waals surface area contributed by atoms with Crippen LogP contribution in [0.5, 0.6) is 0 Å². The van der Waals surface area contributed by atoms with Crippen molar-refractivity contribution < 1.29 is 9.53 Å². The van der Waals surface area contributed by atoms with Gasteiger partial charge >= 0.3 is 0 Å². The highest BCUT2D eigenvalue weighted by molar-refractivity contribution is 5.85. The fourth-order valence-corrected chi connectivity index (χ4v) is 3.03. The molecular weight excluding hydrogens is 365 g/mol. The van der Waals surface area contributed by atoms with Crippen LogP contribution < -0.4 is 5.32 Å². The van der Waals surface area contributed by atoms with Gasteiger partial charge < -0.3 is 15.0 Å². The minimum absolute atomic E-state index is 0. The molecule has 1 saturated heterocycles. The zero-order chi connectivity index (χ0) is 16.1. The predicted molar refractivity (Wildman–Crippen MR) is 101 cm³/mol. The van der Waals surface area contributed by atoms with Crippen LogP contribution in [0.15, 0.2) is 24.4 Å². The second-order valence-electron chi connectivity index (χ2n) is 5.84. The number of halogens is 2. The highest BCUT2D eigenvalue weighted by atomic mass is 35.5. The first-order chi connectivity index (χ1) is 11.3. The Hall–Kier alpha value is -1.41. The topological polar surface area (TPSA) is 71.8 Å². The van der Waals surface area contributed by atoms with Gasteiger partial charge in [0.25, 0.3) is 0 Å². The van der Waals surface area contributed by atoms with E-state index >= 15 is 0 Å². The number of aromatic nitrogens is 3. The van der Waals surface area contributed by atoms with Crippen LogP contribution in [0.2, 0.25) is 0 Å². The third-order valence-corrected chi connectivity index (χ3v) is 4.24. The van der Waals surface area contributed by atoms with Crippen LogP contribution in [0.3, 0.4) is 0 Å². The lowest BCUT2D eigenvalue weighted by Gasteiger charge is -2.32. The highest BCUT2D eigenvalue weighted by Crippen LogP contribution is 2.25. The average Bonchev–Trinajstić information content (AvgIpc) is 3.03. The lowest BCUT2D eigenvalue weighted by molar-refractivity contribution is -0.131. The van der Waals surface area contributed by atoms with Crippen LogP contribution in [0.1, 0.15) is 24.6 Å². The van der Waals surface area contributed by atoms with Crippen molar-refractivity contribution in [3.63, 3.8) is 0 Å². The zero-order valence-electron chi connectivity index (χ0n) is 14.3. The average molecular weight is 390 g/mol. The van der Waals surface area contributed by atoms with Crippen LogP contribution in [0.4, 0.5) is 0 Å². The summed E-state index contributed by atoms with van der Waals surface area (Å²) in [4.78, 5) is 14.2. The smallest absolute Gasteiger partial charge is 0.236 e. The van der Waals surface area contributed by atoms with E-state index < -0.39 is 0 Å². The number of likely N-dealkylation sites (tertiary alicyclic amines) is 1. The molecule has 3 rings (SSSR count). The van der Waals surface area contributed by atoms with E-state index in [-0.39, 0.29) is 36.6 Å². The van der Waals surface area contributed by atoms with E-state index in [0.29, 0.717) is 26.2 Å². The number of hydrogen-bond donors (Lipinski definition) is 1. The number of methoxy groups -OCH3 is 1. The summed E-state index contributed by atoms with van der Waals surface area (Å²) in [6.45, 7) is 3.19. The summed E-state index contributed by atoms with van der Waals surface area (Å²) in [7, 11) is 1.65. The summed E-state index contributed by atoms with van der Waals surface area (Å²) < 4.78 is 6.99. The number of nitrogens with zero attached hydrogens (tertiary/aromatic N) is 4. The molecule has 140 valence electrons. The largest absolute Gasteiger partial charge is 0.383 e. The second kappa shape index (κ2) is 10.6. The van der Waals surface area contributed by atoms with Gasteiger partial charge in [-0.2, -0.15) is 0 Å². The Morgan fingerprint density at radius 2 is 2.20 bits per heavy atom. The number of fused-ring (bicyclic) bond motifs is 1. The number of nitrogens with one attached hydrogen (secondary N) is 1. The first-order valence-corrected chi connectivity index (χ1v) is 8.06.